The van der Waals surface area contributed by atoms with Crippen LogP contribution < -0.4 is 5.73 Å². The Bertz CT molecular complexity index is 303. The molecule has 0 saturated carbocycles. The maximum Gasteiger partial charge on any atom is 0.239 e. The van der Waals surface area contributed by atoms with E-state index in [9.17, 15) is 4.79 Å². The van der Waals surface area contributed by atoms with Crippen LogP contribution in [0.5, 0.6) is 0 Å². The summed E-state index contributed by atoms with van der Waals surface area (Å²) in [7, 11) is 0. The fourth-order valence-corrected chi connectivity index (χ4v) is 3.34. The lowest BCUT2D eigenvalue weighted by Crippen LogP contribution is -2.53. The first-order valence-electron chi connectivity index (χ1n) is 7.54. The molecule has 0 radical (unpaired) electrons. The van der Waals surface area contributed by atoms with Gasteiger partial charge in [-0.25, -0.2) is 0 Å². The van der Waals surface area contributed by atoms with Gasteiger partial charge < -0.3 is 15.4 Å². The number of thioether (sulfide) groups is 1. The summed E-state index contributed by atoms with van der Waals surface area (Å²) in [6.45, 7) is 6.50. The third-order valence-electron chi connectivity index (χ3n) is 4.17. The number of carbonyl (C=O) groups excluding carboxylic acids is 1. The Kier molecular flexibility index (Phi) is 6.61. The van der Waals surface area contributed by atoms with Gasteiger partial charge in [0.2, 0.25) is 5.91 Å². The van der Waals surface area contributed by atoms with E-state index in [0.717, 1.165) is 58.1 Å². The minimum absolute atomic E-state index is 0.128. The van der Waals surface area contributed by atoms with Crippen molar-refractivity contribution in [2.75, 3.05) is 57.9 Å². The molecule has 2 rings (SSSR count). The number of ether oxygens (including phenoxy) is 1. The number of carbonyl (C=O) groups is 1. The van der Waals surface area contributed by atoms with Gasteiger partial charge in [0, 0.05) is 39.3 Å². The Balaban J connectivity index is 1.68. The van der Waals surface area contributed by atoms with Crippen LogP contribution in [0.3, 0.4) is 0 Å². The van der Waals surface area contributed by atoms with Gasteiger partial charge in [0.05, 0.1) is 12.6 Å². The van der Waals surface area contributed by atoms with Gasteiger partial charge in [-0.1, -0.05) is 0 Å². The van der Waals surface area contributed by atoms with Crippen LogP contribution in [0.2, 0.25) is 0 Å². The zero-order valence-corrected chi connectivity index (χ0v) is 13.2. The molecule has 0 aromatic rings. The molecule has 1 unspecified atom stereocenters. The largest absolute Gasteiger partial charge is 0.381 e. The van der Waals surface area contributed by atoms with Crippen molar-refractivity contribution in [2.45, 2.75) is 18.9 Å². The van der Waals surface area contributed by atoms with E-state index in [1.54, 1.807) is 11.8 Å². The van der Waals surface area contributed by atoms with E-state index < -0.39 is 0 Å². The van der Waals surface area contributed by atoms with Crippen LogP contribution >= 0.6 is 11.8 Å². The Labute approximate surface area is 126 Å². The highest BCUT2D eigenvalue weighted by atomic mass is 32.2. The van der Waals surface area contributed by atoms with Crippen molar-refractivity contribution >= 4 is 17.7 Å². The summed E-state index contributed by atoms with van der Waals surface area (Å²) in [6.07, 6.45) is 4.00. The van der Waals surface area contributed by atoms with Crippen molar-refractivity contribution in [3.63, 3.8) is 0 Å². The van der Waals surface area contributed by atoms with Crippen molar-refractivity contribution in [2.24, 2.45) is 11.7 Å². The first-order valence-corrected chi connectivity index (χ1v) is 8.93. The van der Waals surface area contributed by atoms with Crippen LogP contribution in [0.1, 0.15) is 12.8 Å². The average molecular weight is 301 g/mol. The Morgan fingerprint density at radius 1 is 1.40 bits per heavy atom. The summed E-state index contributed by atoms with van der Waals surface area (Å²) in [6, 6.07) is -0.322. The van der Waals surface area contributed by atoms with Gasteiger partial charge in [-0.15, -0.1) is 0 Å². The van der Waals surface area contributed by atoms with E-state index in [1.807, 2.05) is 11.2 Å². The lowest BCUT2D eigenvalue weighted by atomic mass is 10.1. The molecule has 2 aliphatic heterocycles. The van der Waals surface area contributed by atoms with Crippen molar-refractivity contribution in [1.29, 1.82) is 0 Å². The number of piperazine rings is 1. The second-order valence-electron chi connectivity index (χ2n) is 5.74. The summed E-state index contributed by atoms with van der Waals surface area (Å²) in [5.41, 5.74) is 5.97. The molecule has 2 aliphatic rings. The van der Waals surface area contributed by atoms with E-state index in [1.165, 1.54) is 6.42 Å². The fraction of sp³-hybridized carbons (Fsp3) is 0.929. The third-order valence-corrected chi connectivity index (χ3v) is 4.82. The molecule has 20 heavy (non-hydrogen) atoms. The summed E-state index contributed by atoms with van der Waals surface area (Å²) in [5, 5.41) is 0. The molecule has 0 bridgehead atoms. The van der Waals surface area contributed by atoms with Gasteiger partial charge in [0.25, 0.3) is 0 Å². The molecule has 6 heteroatoms. The zero-order chi connectivity index (χ0) is 14.4. The number of hydrogen-bond acceptors (Lipinski definition) is 5. The third kappa shape index (κ3) is 4.62. The van der Waals surface area contributed by atoms with Crippen molar-refractivity contribution < 1.29 is 9.53 Å². The Morgan fingerprint density at radius 2 is 2.15 bits per heavy atom. The predicted octanol–water partition coefficient (Wildman–Crippen LogP) is 0.248. The summed E-state index contributed by atoms with van der Waals surface area (Å²) >= 11 is 1.74. The van der Waals surface area contributed by atoms with Crippen LogP contribution in [-0.4, -0.2) is 79.7 Å². The van der Waals surface area contributed by atoms with E-state index in [4.69, 9.17) is 10.5 Å². The predicted molar refractivity (Wildman–Crippen MR) is 82.9 cm³/mol. The highest BCUT2D eigenvalue weighted by Crippen LogP contribution is 2.15. The van der Waals surface area contributed by atoms with Crippen molar-refractivity contribution in [1.82, 2.24) is 9.80 Å². The van der Waals surface area contributed by atoms with E-state index in [2.05, 4.69) is 4.90 Å². The first kappa shape index (κ1) is 16.1. The molecule has 1 amide bonds. The SMILES string of the molecule is CSCC[C@H](N)C(=O)N1CCN(CC2CCOC2)CC1. The number of amides is 1. The first-order chi connectivity index (χ1) is 9.70. The van der Waals surface area contributed by atoms with E-state index >= 15 is 0 Å². The second-order valence-corrected chi connectivity index (χ2v) is 6.73. The molecule has 0 aliphatic carbocycles. The molecular formula is C14H27N3O2S. The molecule has 116 valence electrons. The summed E-state index contributed by atoms with van der Waals surface area (Å²) in [4.78, 5) is 16.6. The smallest absolute Gasteiger partial charge is 0.239 e. The molecule has 2 fully saturated rings. The van der Waals surface area contributed by atoms with Gasteiger partial charge in [-0.3, -0.25) is 9.69 Å². The molecule has 2 heterocycles. The standard InChI is InChI=1S/C14H27N3O2S/c1-20-9-3-13(15)14(18)17-6-4-16(5-7-17)10-12-2-8-19-11-12/h12-13H,2-11,15H2,1H3/t12?,13-/m0/s1. The number of nitrogens with two attached hydrogens (primary N) is 1. The molecule has 0 aromatic carbocycles. The molecule has 2 N–H and O–H groups in total. The highest BCUT2D eigenvalue weighted by molar-refractivity contribution is 7.98. The van der Waals surface area contributed by atoms with E-state index in [-0.39, 0.29) is 11.9 Å². The van der Waals surface area contributed by atoms with Gasteiger partial charge >= 0.3 is 0 Å². The summed E-state index contributed by atoms with van der Waals surface area (Å²) < 4.78 is 5.42. The van der Waals surface area contributed by atoms with Crippen LogP contribution in [-0.2, 0) is 9.53 Å². The maximum atomic E-state index is 12.2. The highest BCUT2D eigenvalue weighted by Gasteiger charge is 2.26. The summed E-state index contributed by atoms with van der Waals surface area (Å²) in [5.74, 6) is 1.76. The Hall–Kier alpha value is -0.300. The van der Waals surface area contributed by atoms with E-state index in [0.29, 0.717) is 5.92 Å². The van der Waals surface area contributed by atoms with Crippen molar-refractivity contribution in [3.8, 4) is 0 Å². The average Bonchev–Trinajstić information content (AvgIpc) is 2.97. The van der Waals surface area contributed by atoms with Crippen LogP contribution in [0.4, 0.5) is 0 Å². The van der Waals surface area contributed by atoms with Crippen LogP contribution in [0, 0.1) is 5.92 Å². The second kappa shape index (κ2) is 8.22. The molecule has 0 aromatic heterocycles. The van der Waals surface area contributed by atoms with Gasteiger partial charge in [0.1, 0.15) is 0 Å². The minimum Gasteiger partial charge on any atom is -0.381 e. The molecule has 2 atom stereocenters. The van der Waals surface area contributed by atoms with Gasteiger partial charge in [-0.05, 0) is 30.8 Å². The van der Waals surface area contributed by atoms with Crippen LogP contribution in [0.25, 0.3) is 0 Å². The minimum atomic E-state index is -0.322. The quantitative estimate of drug-likeness (QED) is 0.762. The topological polar surface area (TPSA) is 58.8 Å². The molecule has 2 saturated heterocycles. The lowest BCUT2D eigenvalue weighted by molar-refractivity contribution is -0.134. The van der Waals surface area contributed by atoms with Gasteiger partial charge in [-0.2, -0.15) is 11.8 Å². The lowest BCUT2D eigenvalue weighted by Gasteiger charge is -2.36. The monoisotopic (exact) mass is 301 g/mol. The number of rotatable bonds is 6. The Morgan fingerprint density at radius 3 is 2.75 bits per heavy atom. The van der Waals surface area contributed by atoms with Gasteiger partial charge in [0.15, 0.2) is 0 Å². The number of hydrogen-bond donors (Lipinski definition) is 1. The zero-order valence-electron chi connectivity index (χ0n) is 12.4. The molecular weight excluding hydrogens is 274 g/mol. The fourth-order valence-electron chi connectivity index (χ4n) is 2.85. The number of nitrogens with zero attached hydrogens (tertiary/aromatic N) is 2. The molecule has 0 spiro atoms. The van der Waals surface area contributed by atoms with Crippen LogP contribution in [0.15, 0.2) is 0 Å². The maximum absolute atomic E-state index is 12.2. The van der Waals surface area contributed by atoms with Crippen molar-refractivity contribution in [3.05, 3.63) is 0 Å². The molecule has 5 nitrogen and oxygen atoms in total. The normalized spacial score (nSPS) is 25.9.